The normalized spacial score (nSPS) is 17.3. The van der Waals surface area contributed by atoms with E-state index in [4.69, 9.17) is 0 Å². The maximum Gasteiger partial charge on any atom is 0.252 e. The number of thiophene rings is 1. The van der Waals surface area contributed by atoms with Crippen molar-refractivity contribution in [3.05, 3.63) is 40.8 Å². The zero-order valence-corrected chi connectivity index (χ0v) is 17.5. The van der Waals surface area contributed by atoms with E-state index in [-0.39, 0.29) is 16.9 Å². The minimum Gasteiger partial charge on any atom is -0.504 e. The maximum absolute atomic E-state index is 12.6. The second kappa shape index (κ2) is 7.43. The predicted octanol–water partition coefficient (Wildman–Crippen LogP) is 2.96. The van der Waals surface area contributed by atoms with Crippen molar-refractivity contribution in [3.8, 4) is 11.5 Å². The highest BCUT2D eigenvalue weighted by molar-refractivity contribution is 7.91. The quantitative estimate of drug-likeness (QED) is 0.758. The molecule has 1 aromatic heterocycles. The van der Waals surface area contributed by atoms with Gasteiger partial charge in [0.15, 0.2) is 11.5 Å². The molecule has 2 aromatic rings. The Morgan fingerprint density at radius 3 is 2.33 bits per heavy atom. The summed E-state index contributed by atoms with van der Waals surface area (Å²) in [4.78, 5) is 2.10. The number of nitrogens with zero attached hydrogens (tertiary/aromatic N) is 2. The first kappa shape index (κ1) is 20.1. The largest absolute Gasteiger partial charge is 0.504 e. The second-order valence-electron chi connectivity index (χ2n) is 7.87. The van der Waals surface area contributed by atoms with E-state index >= 15 is 0 Å². The molecule has 1 aliphatic heterocycles. The van der Waals surface area contributed by atoms with Crippen molar-refractivity contribution in [1.82, 2.24) is 9.21 Å². The van der Waals surface area contributed by atoms with Crippen molar-refractivity contribution in [2.45, 2.75) is 36.9 Å². The zero-order chi connectivity index (χ0) is 19.8. The van der Waals surface area contributed by atoms with Gasteiger partial charge in [-0.25, -0.2) is 8.42 Å². The van der Waals surface area contributed by atoms with Gasteiger partial charge in [0.2, 0.25) is 0 Å². The first-order chi connectivity index (χ1) is 12.6. The van der Waals surface area contributed by atoms with Crippen LogP contribution < -0.4 is 0 Å². The third kappa shape index (κ3) is 4.29. The minimum absolute atomic E-state index is 0.100. The first-order valence-electron chi connectivity index (χ1n) is 8.90. The molecule has 0 aliphatic carbocycles. The summed E-state index contributed by atoms with van der Waals surface area (Å²) in [6.07, 6.45) is 0. The molecular weight excluding hydrogens is 384 g/mol. The molecule has 27 heavy (non-hydrogen) atoms. The monoisotopic (exact) mass is 410 g/mol. The van der Waals surface area contributed by atoms with Crippen LogP contribution in [0, 0.1) is 0 Å². The van der Waals surface area contributed by atoms with Crippen LogP contribution in [0.25, 0.3) is 0 Å². The lowest BCUT2D eigenvalue weighted by atomic mass is 9.85. The van der Waals surface area contributed by atoms with Crippen molar-refractivity contribution < 1.29 is 18.6 Å². The van der Waals surface area contributed by atoms with Crippen LogP contribution in [0.15, 0.2) is 33.9 Å². The number of rotatable bonds is 4. The molecule has 0 saturated carbocycles. The number of phenolic OH excluding ortho intramolecular Hbond substituents is 2. The van der Waals surface area contributed by atoms with Crippen LogP contribution in [0.3, 0.4) is 0 Å². The van der Waals surface area contributed by atoms with E-state index in [1.165, 1.54) is 15.6 Å². The molecule has 6 nitrogen and oxygen atoms in total. The fourth-order valence-electron chi connectivity index (χ4n) is 3.14. The lowest BCUT2D eigenvalue weighted by Gasteiger charge is -2.34. The summed E-state index contributed by atoms with van der Waals surface area (Å²) in [7, 11) is -3.42. The topological polar surface area (TPSA) is 81.1 Å². The van der Waals surface area contributed by atoms with Crippen molar-refractivity contribution in [1.29, 1.82) is 0 Å². The Bertz CT molecular complexity index is 895. The summed E-state index contributed by atoms with van der Waals surface area (Å²) in [6, 6.07) is 6.89. The molecule has 1 saturated heterocycles. The Balaban J connectivity index is 1.70. The molecule has 1 fully saturated rings. The van der Waals surface area contributed by atoms with Gasteiger partial charge in [0.05, 0.1) is 0 Å². The highest BCUT2D eigenvalue weighted by Gasteiger charge is 2.29. The number of hydrogen-bond donors (Lipinski definition) is 2. The van der Waals surface area contributed by atoms with Crippen molar-refractivity contribution in [2.24, 2.45) is 0 Å². The summed E-state index contributed by atoms with van der Waals surface area (Å²) in [6.45, 7) is 8.59. The van der Waals surface area contributed by atoms with E-state index in [1.54, 1.807) is 23.6 Å². The lowest BCUT2D eigenvalue weighted by molar-refractivity contribution is 0.180. The van der Waals surface area contributed by atoms with Crippen LogP contribution in [0.2, 0.25) is 0 Å². The SMILES string of the molecule is CC(C)(C)c1cc(O)c(O)c(CN2CCN(S(=O)(=O)c3cccs3)CC2)c1. The molecule has 0 bridgehead atoms. The Labute approximate surface area is 164 Å². The van der Waals surface area contributed by atoms with Gasteiger partial charge < -0.3 is 10.2 Å². The third-order valence-electron chi connectivity index (χ3n) is 4.85. The van der Waals surface area contributed by atoms with E-state index in [1.807, 2.05) is 6.07 Å². The minimum atomic E-state index is -3.42. The van der Waals surface area contributed by atoms with Crippen LogP contribution in [0.4, 0.5) is 0 Å². The average molecular weight is 411 g/mol. The molecule has 8 heteroatoms. The lowest BCUT2D eigenvalue weighted by Crippen LogP contribution is -2.48. The molecule has 0 amide bonds. The summed E-state index contributed by atoms with van der Waals surface area (Å²) >= 11 is 1.23. The Kier molecular flexibility index (Phi) is 5.54. The van der Waals surface area contributed by atoms with Crippen molar-refractivity contribution in [2.75, 3.05) is 26.2 Å². The molecule has 1 aromatic carbocycles. The van der Waals surface area contributed by atoms with Crippen LogP contribution >= 0.6 is 11.3 Å². The van der Waals surface area contributed by atoms with Gasteiger partial charge in [-0.1, -0.05) is 32.9 Å². The number of piperazine rings is 1. The van der Waals surface area contributed by atoms with Gasteiger partial charge in [-0.05, 0) is 28.5 Å². The molecule has 2 heterocycles. The van der Waals surface area contributed by atoms with Gasteiger partial charge in [-0.15, -0.1) is 11.3 Å². The van der Waals surface area contributed by atoms with Gasteiger partial charge in [0.1, 0.15) is 4.21 Å². The number of sulfonamides is 1. The van der Waals surface area contributed by atoms with Gasteiger partial charge in [-0.2, -0.15) is 4.31 Å². The van der Waals surface area contributed by atoms with Crippen LogP contribution in [-0.2, 0) is 22.0 Å². The van der Waals surface area contributed by atoms with Gasteiger partial charge in [0, 0.05) is 38.3 Å². The van der Waals surface area contributed by atoms with Crippen LogP contribution in [0.1, 0.15) is 31.9 Å². The standard InChI is InChI=1S/C19H26N2O4S2/c1-19(2,3)15-11-14(18(23)16(22)12-15)13-20-6-8-21(9-7-20)27(24,25)17-5-4-10-26-17/h4-5,10-12,22-23H,6-9,13H2,1-3H3. The molecule has 0 spiro atoms. The van der Waals surface area contributed by atoms with Crippen LogP contribution in [0.5, 0.6) is 11.5 Å². The van der Waals surface area contributed by atoms with Crippen molar-refractivity contribution in [3.63, 3.8) is 0 Å². The van der Waals surface area contributed by atoms with Gasteiger partial charge in [-0.3, -0.25) is 4.90 Å². The Hall–Kier alpha value is -1.61. The summed E-state index contributed by atoms with van der Waals surface area (Å²) in [5, 5.41) is 22.1. The smallest absolute Gasteiger partial charge is 0.252 e. The number of hydrogen-bond acceptors (Lipinski definition) is 6. The Morgan fingerprint density at radius 1 is 1.11 bits per heavy atom. The maximum atomic E-state index is 12.6. The van der Waals surface area contributed by atoms with E-state index in [2.05, 4.69) is 25.7 Å². The van der Waals surface area contributed by atoms with E-state index in [9.17, 15) is 18.6 Å². The molecule has 0 radical (unpaired) electrons. The van der Waals surface area contributed by atoms with E-state index < -0.39 is 10.0 Å². The number of phenols is 2. The van der Waals surface area contributed by atoms with E-state index in [0.29, 0.717) is 42.5 Å². The molecule has 1 aliphatic rings. The molecular formula is C19H26N2O4S2. The molecule has 148 valence electrons. The van der Waals surface area contributed by atoms with Crippen LogP contribution in [-0.4, -0.2) is 54.0 Å². The first-order valence-corrected chi connectivity index (χ1v) is 11.2. The average Bonchev–Trinajstić information content (AvgIpc) is 3.14. The predicted molar refractivity (Wildman–Crippen MR) is 107 cm³/mol. The van der Waals surface area contributed by atoms with Gasteiger partial charge in [0.25, 0.3) is 10.0 Å². The van der Waals surface area contributed by atoms with Crippen molar-refractivity contribution >= 4 is 21.4 Å². The molecule has 2 N–H and O–H groups in total. The molecule has 0 atom stereocenters. The highest BCUT2D eigenvalue weighted by Crippen LogP contribution is 2.36. The fraction of sp³-hybridized carbons (Fsp3) is 0.474. The summed E-state index contributed by atoms with van der Waals surface area (Å²) < 4.78 is 27.1. The number of aromatic hydroxyl groups is 2. The summed E-state index contributed by atoms with van der Waals surface area (Å²) in [5.41, 5.74) is 1.47. The highest BCUT2D eigenvalue weighted by atomic mass is 32.2. The van der Waals surface area contributed by atoms with Gasteiger partial charge >= 0.3 is 0 Å². The third-order valence-corrected chi connectivity index (χ3v) is 8.12. The Morgan fingerprint density at radius 2 is 1.78 bits per heavy atom. The molecule has 3 rings (SSSR count). The fourth-order valence-corrected chi connectivity index (χ4v) is 5.70. The zero-order valence-electron chi connectivity index (χ0n) is 15.8. The number of benzene rings is 1. The van der Waals surface area contributed by atoms with E-state index in [0.717, 1.165) is 5.56 Å². The molecule has 0 unspecified atom stereocenters. The second-order valence-corrected chi connectivity index (χ2v) is 11.0. The summed E-state index contributed by atoms with van der Waals surface area (Å²) in [5.74, 6) is -0.215.